The van der Waals surface area contributed by atoms with E-state index in [0.717, 1.165) is 12.6 Å². The van der Waals surface area contributed by atoms with E-state index in [1.54, 1.807) is 0 Å². The van der Waals surface area contributed by atoms with Crippen LogP contribution in [-0.2, 0) is 0 Å². The van der Waals surface area contributed by atoms with Gasteiger partial charge in [-0.1, -0.05) is 13.8 Å². The number of nitrogens with one attached hydrogen (secondary N) is 1. The highest BCUT2D eigenvalue weighted by Gasteiger charge is 2.18. The van der Waals surface area contributed by atoms with Crippen molar-refractivity contribution in [3.63, 3.8) is 0 Å². The lowest BCUT2D eigenvalue weighted by Crippen LogP contribution is -2.26. The molecule has 0 saturated carbocycles. The molecule has 5 nitrogen and oxygen atoms in total. The highest BCUT2D eigenvalue weighted by molar-refractivity contribution is 5.33. The smallest absolute Gasteiger partial charge is 0.173 e. The molecule has 0 bridgehead atoms. The second kappa shape index (κ2) is 6.04. The van der Waals surface area contributed by atoms with Crippen molar-refractivity contribution in [2.45, 2.75) is 26.8 Å². The minimum Gasteiger partial charge on any atom is -0.307 e. The van der Waals surface area contributed by atoms with Gasteiger partial charge < -0.3 is 5.32 Å². The maximum atomic E-state index is 13.8. The van der Waals surface area contributed by atoms with Crippen LogP contribution in [-0.4, -0.2) is 26.8 Å². The molecule has 0 amide bonds. The molecule has 0 aliphatic heterocycles. The molecule has 108 valence electrons. The van der Waals surface area contributed by atoms with Gasteiger partial charge in [0.25, 0.3) is 0 Å². The summed E-state index contributed by atoms with van der Waals surface area (Å²) in [6.07, 6.45) is 0. The van der Waals surface area contributed by atoms with Gasteiger partial charge in [0.2, 0.25) is 0 Å². The summed E-state index contributed by atoms with van der Waals surface area (Å²) in [5.41, 5.74) is 0.129. The number of halogens is 2. The van der Waals surface area contributed by atoms with Gasteiger partial charge in [-0.25, -0.2) is 8.78 Å². The van der Waals surface area contributed by atoms with Gasteiger partial charge in [-0.15, -0.1) is 5.10 Å². The molecule has 20 heavy (non-hydrogen) atoms. The maximum Gasteiger partial charge on any atom is 0.173 e. The van der Waals surface area contributed by atoms with Crippen LogP contribution in [0.15, 0.2) is 18.2 Å². The third-order valence-corrected chi connectivity index (χ3v) is 2.85. The Balaban J connectivity index is 2.28. The van der Waals surface area contributed by atoms with Crippen LogP contribution >= 0.6 is 0 Å². The predicted octanol–water partition coefficient (Wildman–Crippen LogP) is 2.25. The summed E-state index contributed by atoms with van der Waals surface area (Å²) in [6.45, 7) is 6.86. The maximum absolute atomic E-state index is 13.8. The zero-order chi connectivity index (χ0) is 14.7. The molecular formula is C13H17F2N5. The van der Waals surface area contributed by atoms with Gasteiger partial charge in [-0.05, 0) is 41.9 Å². The quantitative estimate of drug-likeness (QED) is 0.913. The first-order valence-corrected chi connectivity index (χ1v) is 6.46. The van der Waals surface area contributed by atoms with E-state index in [2.05, 4.69) is 34.7 Å². The van der Waals surface area contributed by atoms with Crippen LogP contribution in [0.5, 0.6) is 0 Å². The second-order valence-electron chi connectivity index (χ2n) is 5.07. The summed E-state index contributed by atoms with van der Waals surface area (Å²) in [5, 5.41) is 14.5. The lowest BCUT2D eigenvalue weighted by molar-refractivity contribution is 0.472. The van der Waals surface area contributed by atoms with E-state index >= 15 is 0 Å². The summed E-state index contributed by atoms with van der Waals surface area (Å²) in [6, 6.07) is 3.17. The molecule has 2 rings (SSSR count). The third kappa shape index (κ3) is 3.16. The van der Waals surface area contributed by atoms with E-state index < -0.39 is 11.6 Å². The average Bonchev–Trinajstić information content (AvgIpc) is 2.85. The summed E-state index contributed by atoms with van der Waals surface area (Å²) >= 11 is 0. The molecule has 1 aromatic heterocycles. The summed E-state index contributed by atoms with van der Waals surface area (Å²) in [5.74, 6) is -0.373. The molecule has 0 saturated heterocycles. The molecule has 1 heterocycles. The Kier molecular flexibility index (Phi) is 4.39. The first-order valence-electron chi connectivity index (χ1n) is 6.46. The number of benzene rings is 1. The zero-order valence-corrected chi connectivity index (χ0v) is 11.6. The van der Waals surface area contributed by atoms with Crippen molar-refractivity contribution in [3.05, 3.63) is 35.7 Å². The Hall–Kier alpha value is -1.89. The molecular weight excluding hydrogens is 264 g/mol. The number of hydrogen-bond donors (Lipinski definition) is 1. The largest absolute Gasteiger partial charge is 0.307 e. The highest BCUT2D eigenvalue weighted by Crippen LogP contribution is 2.18. The number of tetrazole rings is 1. The number of rotatable bonds is 5. The van der Waals surface area contributed by atoms with E-state index in [-0.39, 0.29) is 11.7 Å². The Bertz CT molecular complexity index is 582. The van der Waals surface area contributed by atoms with Crippen LogP contribution in [0.2, 0.25) is 0 Å². The normalized spacial score (nSPS) is 12.9. The fraction of sp³-hybridized carbons (Fsp3) is 0.462. The highest BCUT2D eigenvalue weighted by atomic mass is 19.1. The number of nitrogens with zero attached hydrogens (tertiary/aromatic N) is 4. The van der Waals surface area contributed by atoms with Crippen molar-refractivity contribution < 1.29 is 8.78 Å². The van der Waals surface area contributed by atoms with Crippen LogP contribution in [0.3, 0.4) is 0 Å². The SMILES string of the molecule is CC(C)CNC(C)c1nnnn1-c1ccc(F)cc1F. The fourth-order valence-corrected chi connectivity index (χ4v) is 1.79. The minimum atomic E-state index is -0.699. The van der Waals surface area contributed by atoms with Crippen molar-refractivity contribution in [3.8, 4) is 5.69 Å². The van der Waals surface area contributed by atoms with Gasteiger partial charge in [0.15, 0.2) is 11.6 Å². The monoisotopic (exact) mass is 281 g/mol. The van der Waals surface area contributed by atoms with E-state index in [9.17, 15) is 8.78 Å². The van der Waals surface area contributed by atoms with E-state index in [0.29, 0.717) is 11.7 Å². The molecule has 0 fully saturated rings. The second-order valence-corrected chi connectivity index (χ2v) is 5.07. The molecule has 1 atom stereocenters. The third-order valence-electron chi connectivity index (χ3n) is 2.85. The zero-order valence-electron chi connectivity index (χ0n) is 11.6. The van der Waals surface area contributed by atoms with Gasteiger partial charge in [0, 0.05) is 6.07 Å². The van der Waals surface area contributed by atoms with E-state index in [4.69, 9.17) is 0 Å². The Morgan fingerprint density at radius 3 is 2.65 bits per heavy atom. The molecule has 0 spiro atoms. The van der Waals surface area contributed by atoms with Crippen molar-refractivity contribution in [2.75, 3.05) is 6.54 Å². The molecule has 7 heteroatoms. The van der Waals surface area contributed by atoms with Crippen molar-refractivity contribution in [2.24, 2.45) is 5.92 Å². The summed E-state index contributed by atoms with van der Waals surface area (Å²) in [4.78, 5) is 0. The summed E-state index contributed by atoms with van der Waals surface area (Å²) < 4.78 is 28.0. The number of aromatic nitrogens is 4. The van der Waals surface area contributed by atoms with Gasteiger partial charge in [-0.3, -0.25) is 0 Å². The Morgan fingerprint density at radius 1 is 1.25 bits per heavy atom. The Morgan fingerprint density at radius 2 is 2.00 bits per heavy atom. The van der Waals surface area contributed by atoms with Crippen LogP contribution in [0, 0.1) is 17.6 Å². The van der Waals surface area contributed by atoms with Gasteiger partial charge in [0.1, 0.15) is 11.5 Å². The lowest BCUT2D eigenvalue weighted by atomic mass is 10.2. The van der Waals surface area contributed by atoms with Gasteiger partial charge >= 0.3 is 0 Å². The van der Waals surface area contributed by atoms with E-state index in [1.807, 2.05) is 6.92 Å². The standard InChI is InChI=1S/C13H17F2N5/c1-8(2)7-16-9(3)13-17-18-19-20(13)12-5-4-10(14)6-11(12)15/h4-6,8-9,16H,7H2,1-3H3. The summed E-state index contributed by atoms with van der Waals surface area (Å²) in [7, 11) is 0. The molecule has 0 aliphatic carbocycles. The van der Waals surface area contributed by atoms with Crippen LogP contribution in [0.4, 0.5) is 8.78 Å². The van der Waals surface area contributed by atoms with E-state index in [1.165, 1.54) is 16.8 Å². The molecule has 1 N–H and O–H groups in total. The Labute approximate surface area is 116 Å². The molecule has 2 aromatic rings. The van der Waals surface area contributed by atoms with Crippen LogP contribution < -0.4 is 5.32 Å². The van der Waals surface area contributed by atoms with Crippen molar-refractivity contribution in [1.82, 2.24) is 25.5 Å². The molecule has 0 aliphatic rings. The average molecular weight is 281 g/mol. The molecule has 1 unspecified atom stereocenters. The van der Waals surface area contributed by atoms with Gasteiger partial charge in [0.05, 0.1) is 6.04 Å². The van der Waals surface area contributed by atoms with Gasteiger partial charge in [-0.2, -0.15) is 4.68 Å². The molecule has 0 radical (unpaired) electrons. The van der Waals surface area contributed by atoms with Crippen molar-refractivity contribution in [1.29, 1.82) is 0 Å². The minimum absolute atomic E-state index is 0.129. The van der Waals surface area contributed by atoms with Crippen LogP contribution in [0.25, 0.3) is 5.69 Å². The predicted molar refractivity (Wildman–Crippen MR) is 70.3 cm³/mol. The lowest BCUT2D eigenvalue weighted by Gasteiger charge is -2.15. The van der Waals surface area contributed by atoms with Crippen LogP contribution in [0.1, 0.15) is 32.6 Å². The first-order chi connectivity index (χ1) is 9.49. The first kappa shape index (κ1) is 14.5. The van der Waals surface area contributed by atoms with Crippen molar-refractivity contribution >= 4 is 0 Å². The fourth-order valence-electron chi connectivity index (χ4n) is 1.79. The number of hydrogen-bond acceptors (Lipinski definition) is 4. The molecule has 1 aromatic carbocycles. The topological polar surface area (TPSA) is 55.6 Å².